The highest BCUT2D eigenvalue weighted by atomic mass is 16.5. The largest absolute Gasteiger partial charge is 0.482 e. The van der Waals surface area contributed by atoms with Gasteiger partial charge >= 0.3 is 0 Å². The third-order valence-electron chi connectivity index (χ3n) is 6.38. The zero-order valence-electron chi connectivity index (χ0n) is 18.3. The van der Waals surface area contributed by atoms with E-state index in [4.69, 9.17) is 15.5 Å². The lowest BCUT2D eigenvalue weighted by atomic mass is 9.92. The first kappa shape index (κ1) is 19.9. The molecule has 5 rings (SSSR count). The molecule has 3 aromatic rings. The SMILES string of the molecule is CC1CC(C)CN(Cc2c(-c3ccc4c(c3)N(C)C(=O)CO4)nc3ccc(N)cn23)C1. The summed E-state index contributed by atoms with van der Waals surface area (Å²) >= 11 is 0. The average Bonchev–Trinajstić information content (AvgIpc) is 3.07. The highest BCUT2D eigenvalue weighted by Gasteiger charge is 2.26. The van der Waals surface area contributed by atoms with Crippen LogP contribution in [0.5, 0.6) is 5.75 Å². The van der Waals surface area contributed by atoms with Gasteiger partial charge in [0.15, 0.2) is 6.61 Å². The maximum atomic E-state index is 12.1. The maximum absolute atomic E-state index is 12.1. The number of rotatable bonds is 3. The molecule has 2 atom stereocenters. The van der Waals surface area contributed by atoms with E-state index in [1.54, 1.807) is 11.9 Å². The number of carbonyl (C=O) groups is 1. The van der Waals surface area contributed by atoms with Gasteiger partial charge in [0.05, 0.1) is 17.1 Å². The standard InChI is InChI=1S/C24H29N5O2/c1-15-8-16(2)11-28(10-15)13-20-24(26-22-7-5-18(25)12-29(20)22)17-4-6-21-19(9-17)27(3)23(30)14-31-21/h4-7,9,12,15-16H,8,10-11,13-14,25H2,1-3H3. The molecule has 1 fully saturated rings. The topological polar surface area (TPSA) is 76.1 Å². The van der Waals surface area contributed by atoms with Crippen molar-refractivity contribution in [1.29, 1.82) is 0 Å². The van der Waals surface area contributed by atoms with Crippen LogP contribution in [0.4, 0.5) is 11.4 Å². The number of nitrogens with two attached hydrogens (primary N) is 1. The lowest BCUT2D eigenvalue weighted by molar-refractivity contribution is -0.120. The number of amides is 1. The number of hydrogen-bond acceptors (Lipinski definition) is 5. The third kappa shape index (κ3) is 3.63. The Balaban J connectivity index is 1.60. The number of benzene rings is 1. The smallest absolute Gasteiger partial charge is 0.264 e. The molecule has 2 N–H and O–H groups in total. The summed E-state index contributed by atoms with van der Waals surface area (Å²) in [6, 6.07) is 9.80. The van der Waals surface area contributed by atoms with Crippen LogP contribution in [-0.4, -0.2) is 46.9 Å². The van der Waals surface area contributed by atoms with Gasteiger partial charge in [-0.15, -0.1) is 0 Å². The van der Waals surface area contributed by atoms with E-state index in [0.717, 1.165) is 53.7 Å². The van der Waals surface area contributed by atoms with Crippen LogP contribution in [0, 0.1) is 11.8 Å². The molecule has 2 aliphatic heterocycles. The summed E-state index contributed by atoms with van der Waals surface area (Å²) in [6.45, 7) is 7.69. The molecular formula is C24H29N5O2. The molecule has 1 amide bonds. The lowest BCUT2D eigenvalue weighted by Gasteiger charge is -2.35. The van der Waals surface area contributed by atoms with E-state index >= 15 is 0 Å². The second kappa shape index (κ2) is 7.57. The first-order chi connectivity index (χ1) is 14.9. The maximum Gasteiger partial charge on any atom is 0.264 e. The Hall–Kier alpha value is -3.06. The Morgan fingerprint density at radius 3 is 2.71 bits per heavy atom. The molecule has 2 unspecified atom stereocenters. The van der Waals surface area contributed by atoms with Crippen LogP contribution < -0.4 is 15.4 Å². The monoisotopic (exact) mass is 419 g/mol. The third-order valence-corrected chi connectivity index (χ3v) is 6.38. The number of nitrogen functional groups attached to an aromatic ring is 1. The molecule has 0 saturated carbocycles. The highest BCUT2D eigenvalue weighted by Crippen LogP contribution is 2.37. The molecule has 0 radical (unpaired) electrons. The zero-order valence-corrected chi connectivity index (χ0v) is 18.3. The van der Waals surface area contributed by atoms with Crippen molar-refractivity contribution in [1.82, 2.24) is 14.3 Å². The summed E-state index contributed by atoms with van der Waals surface area (Å²) in [5.74, 6) is 2.03. The molecular weight excluding hydrogens is 390 g/mol. The average molecular weight is 420 g/mol. The van der Waals surface area contributed by atoms with Crippen LogP contribution >= 0.6 is 0 Å². The molecule has 0 bridgehead atoms. The molecule has 162 valence electrons. The Morgan fingerprint density at radius 2 is 1.94 bits per heavy atom. The molecule has 2 aliphatic rings. The Morgan fingerprint density at radius 1 is 1.16 bits per heavy atom. The van der Waals surface area contributed by atoms with Crippen molar-refractivity contribution in [2.24, 2.45) is 11.8 Å². The van der Waals surface area contributed by atoms with Gasteiger partial charge in [-0.2, -0.15) is 0 Å². The fraction of sp³-hybridized carbons (Fsp3) is 0.417. The fourth-order valence-electron chi connectivity index (χ4n) is 5.04. The number of pyridine rings is 1. The fourth-order valence-corrected chi connectivity index (χ4v) is 5.04. The Kier molecular flexibility index (Phi) is 4.85. The van der Waals surface area contributed by atoms with E-state index in [-0.39, 0.29) is 12.5 Å². The predicted molar refractivity (Wildman–Crippen MR) is 122 cm³/mol. The number of fused-ring (bicyclic) bond motifs is 2. The van der Waals surface area contributed by atoms with Gasteiger partial charge in [0.25, 0.3) is 5.91 Å². The number of aromatic nitrogens is 2. The number of piperidine rings is 1. The summed E-state index contributed by atoms with van der Waals surface area (Å²) in [5, 5.41) is 0. The van der Waals surface area contributed by atoms with Crippen LogP contribution in [0.3, 0.4) is 0 Å². The summed E-state index contributed by atoms with van der Waals surface area (Å²) < 4.78 is 7.72. The summed E-state index contributed by atoms with van der Waals surface area (Å²) in [5.41, 5.74) is 11.5. The highest BCUT2D eigenvalue weighted by molar-refractivity contribution is 5.98. The molecule has 1 saturated heterocycles. The Bertz CT molecular complexity index is 1140. The minimum atomic E-state index is -0.0519. The van der Waals surface area contributed by atoms with E-state index in [0.29, 0.717) is 17.5 Å². The number of hydrogen-bond donors (Lipinski definition) is 1. The summed E-state index contributed by atoms with van der Waals surface area (Å²) in [4.78, 5) is 21.3. The van der Waals surface area contributed by atoms with Crippen molar-refractivity contribution < 1.29 is 9.53 Å². The van der Waals surface area contributed by atoms with Gasteiger partial charge in [-0.05, 0) is 48.6 Å². The van der Waals surface area contributed by atoms with Gasteiger partial charge in [0.2, 0.25) is 0 Å². The molecule has 7 nitrogen and oxygen atoms in total. The van der Waals surface area contributed by atoms with E-state index < -0.39 is 0 Å². The van der Waals surface area contributed by atoms with Crippen LogP contribution in [0.2, 0.25) is 0 Å². The number of imidazole rings is 1. The van der Waals surface area contributed by atoms with Crippen LogP contribution in [0.15, 0.2) is 36.5 Å². The van der Waals surface area contributed by atoms with Gasteiger partial charge in [-0.25, -0.2) is 4.98 Å². The number of likely N-dealkylation sites (tertiary alicyclic amines) is 1. The van der Waals surface area contributed by atoms with Gasteiger partial charge in [0, 0.05) is 44.1 Å². The molecule has 4 heterocycles. The first-order valence-corrected chi connectivity index (χ1v) is 10.9. The normalized spacial score (nSPS) is 21.9. The van der Waals surface area contributed by atoms with E-state index in [1.165, 1.54) is 6.42 Å². The van der Waals surface area contributed by atoms with Gasteiger partial charge < -0.3 is 19.8 Å². The van der Waals surface area contributed by atoms with E-state index in [9.17, 15) is 4.79 Å². The number of carbonyl (C=O) groups excluding carboxylic acids is 1. The quantitative estimate of drug-likeness (QED) is 0.704. The Labute approximate surface area is 182 Å². The van der Waals surface area contributed by atoms with Crippen molar-refractivity contribution in [3.05, 3.63) is 42.2 Å². The molecule has 1 aromatic carbocycles. The van der Waals surface area contributed by atoms with Crippen LogP contribution in [0.1, 0.15) is 26.0 Å². The minimum Gasteiger partial charge on any atom is -0.482 e. The molecule has 2 aromatic heterocycles. The second-order valence-electron chi connectivity index (χ2n) is 9.16. The summed E-state index contributed by atoms with van der Waals surface area (Å²) in [6.07, 6.45) is 3.23. The van der Waals surface area contributed by atoms with E-state index in [1.807, 2.05) is 36.5 Å². The summed E-state index contributed by atoms with van der Waals surface area (Å²) in [7, 11) is 1.79. The van der Waals surface area contributed by atoms with E-state index in [2.05, 4.69) is 23.1 Å². The minimum absolute atomic E-state index is 0.0519. The first-order valence-electron chi connectivity index (χ1n) is 10.9. The zero-order chi connectivity index (χ0) is 21.7. The van der Waals surface area contributed by atoms with Crippen LogP contribution in [-0.2, 0) is 11.3 Å². The lowest BCUT2D eigenvalue weighted by Crippen LogP contribution is -2.38. The number of nitrogens with zero attached hydrogens (tertiary/aromatic N) is 4. The van der Waals surface area contributed by atoms with Gasteiger partial charge in [-0.1, -0.05) is 13.8 Å². The molecule has 0 spiro atoms. The van der Waals surface area contributed by atoms with Crippen molar-refractivity contribution in [2.45, 2.75) is 26.8 Å². The van der Waals surface area contributed by atoms with Gasteiger partial charge in [0.1, 0.15) is 11.4 Å². The molecule has 31 heavy (non-hydrogen) atoms. The van der Waals surface area contributed by atoms with Crippen molar-refractivity contribution >= 4 is 22.9 Å². The number of likely N-dealkylation sites (N-methyl/N-ethyl adjacent to an activating group) is 1. The number of anilines is 2. The second-order valence-corrected chi connectivity index (χ2v) is 9.16. The van der Waals surface area contributed by atoms with Crippen molar-refractivity contribution in [3.8, 4) is 17.0 Å². The predicted octanol–water partition coefficient (Wildman–Crippen LogP) is 3.42. The number of ether oxygens (including phenoxy) is 1. The molecule has 7 heteroatoms. The molecule has 0 aliphatic carbocycles. The van der Waals surface area contributed by atoms with Gasteiger partial charge in [-0.3, -0.25) is 9.69 Å². The van der Waals surface area contributed by atoms with Crippen LogP contribution in [0.25, 0.3) is 16.9 Å². The van der Waals surface area contributed by atoms with Crippen molar-refractivity contribution in [2.75, 3.05) is 37.4 Å². The van der Waals surface area contributed by atoms with Crippen molar-refractivity contribution in [3.63, 3.8) is 0 Å².